The molecule has 4 rings (SSSR count). The monoisotopic (exact) mass is 447 g/mol. The molecular weight excluding hydrogens is 420 g/mol. The van der Waals surface area contributed by atoms with Crippen molar-refractivity contribution in [2.45, 2.75) is 37.8 Å². The maximum absolute atomic E-state index is 14.7. The number of primary amides is 1. The minimum atomic E-state index is -0.863. The smallest absolute Gasteiger partial charge is 0.252 e. The third-order valence-electron chi connectivity index (χ3n) is 5.78. The number of aromatic nitrogens is 2. The maximum Gasteiger partial charge on any atom is 0.252 e. The number of ether oxygens (including phenoxy) is 1. The molecule has 1 saturated heterocycles. The van der Waals surface area contributed by atoms with Gasteiger partial charge in [0.25, 0.3) is 5.91 Å². The van der Waals surface area contributed by atoms with E-state index in [1.165, 1.54) is 12.3 Å². The van der Waals surface area contributed by atoms with Gasteiger partial charge in [0.05, 0.1) is 30.7 Å². The van der Waals surface area contributed by atoms with Crippen molar-refractivity contribution in [2.24, 2.45) is 11.5 Å². The SMILES string of the molecule is NC(=O)c1cc(F)c(NC2CCCCC2N)nc1Nc1cnc(N2CCOCC2)c(F)c1. The highest BCUT2D eigenvalue weighted by molar-refractivity contribution is 5.98. The fourth-order valence-corrected chi connectivity index (χ4v) is 4.03. The molecule has 1 aliphatic carbocycles. The third-order valence-corrected chi connectivity index (χ3v) is 5.78. The Morgan fingerprint density at radius 1 is 1.12 bits per heavy atom. The molecule has 0 bridgehead atoms. The number of pyridine rings is 2. The van der Waals surface area contributed by atoms with Crippen LogP contribution in [0.2, 0.25) is 0 Å². The fourth-order valence-electron chi connectivity index (χ4n) is 4.03. The number of hydrogen-bond acceptors (Lipinski definition) is 8. The Morgan fingerprint density at radius 2 is 1.88 bits per heavy atom. The van der Waals surface area contributed by atoms with Crippen molar-refractivity contribution in [2.75, 3.05) is 41.8 Å². The van der Waals surface area contributed by atoms with Gasteiger partial charge in [0.15, 0.2) is 23.3 Å². The minimum Gasteiger partial charge on any atom is -0.378 e. The summed E-state index contributed by atoms with van der Waals surface area (Å²) in [6.45, 7) is 2.09. The first kappa shape index (κ1) is 22.2. The summed E-state index contributed by atoms with van der Waals surface area (Å²) in [6.07, 6.45) is 5.07. The van der Waals surface area contributed by atoms with Gasteiger partial charge in [-0.2, -0.15) is 0 Å². The zero-order chi connectivity index (χ0) is 22.7. The first-order valence-electron chi connectivity index (χ1n) is 10.7. The zero-order valence-corrected chi connectivity index (χ0v) is 17.6. The van der Waals surface area contributed by atoms with E-state index in [1.54, 1.807) is 4.90 Å². The van der Waals surface area contributed by atoms with Crippen molar-refractivity contribution in [1.29, 1.82) is 0 Å². The summed E-state index contributed by atoms with van der Waals surface area (Å²) in [5.41, 5.74) is 11.7. The van der Waals surface area contributed by atoms with Crippen LogP contribution in [0.5, 0.6) is 0 Å². The Hall–Kier alpha value is -3.05. The number of nitrogens with two attached hydrogens (primary N) is 2. The first-order chi connectivity index (χ1) is 15.4. The molecule has 0 radical (unpaired) electrons. The molecule has 2 aromatic heterocycles. The number of nitrogens with one attached hydrogen (secondary N) is 2. The number of halogens is 2. The average molecular weight is 447 g/mol. The molecule has 3 heterocycles. The summed E-state index contributed by atoms with van der Waals surface area (Å²) in [4.78, 5) is 22.1. The predicted molar refractivity (Wildman–Crippen MR) is 117 cm³/mol. The number of carbonyl (C=O) groups excluding carboxylic acids is 1. The summed E-state index contributed by atoms with van der Waals surface area (Å²) in [7, 11) is 0. The molecule has 2 fully saturated rings. The summed E-state index contributed by atoms with van der Waals surface area (Å²) >= 11 is 0. The molecule has 1 saturated carbocycles. The Labute approximate surface area is 184 Å². The quantitative estimate of drug-likeness (QED) is 0.530. The van der Waals surface area contributed by atoms with E-state index in [-0.39, 0.29) is 40.8 Å². The van der Waals surface area contributed by atoms with Gasteiger partial charge in [-0.3, -0.25) is 4.79 Å². The van der Waals surface area contributed by atoms with Crippen LogP contribution in [0.1, 0.15) is 36.0 Å². The third kappa shape index (κ3) is 4.89. The van der Waals surface area contributed by atoms with Crippen LogP contribution in [0.25, 0.3) is 0 Å². The molecule has 32 heavy (non-hydrogen) atoms. The van der Waals surface area contributed by atoms with Gasteiger partial charge in [-0.1, -0.05) is 12.8 Å². The molecule has 2 atom stereocenters. The Morgan fingerprint density at radius 3 is 2.56 bits per heavy atom. The summed E-state index contributed by atoms with van der Waals surface area (Å²) in [5, 5.41) is 5.89. The van der Waals surface area contributed by atoms with Crippen LogP contribution < -0.4 is 27.0 Å². The van der Waals surface area contributed by atoms with Crippen molar-refractivity contribution in [3.63, 3.8) is 0 Å². The highest BCUT2D eigenvalue weighted by Gasteiger charge is 2.25. The minimum absolute atomic E-state index is 0.00565. The highest BCUT2D eigenvalue weighted by atomic mass is 19.1. The second kappa shape index (κ2) is 9.61. The Kier molecular flexibility index (Phi) is 6.66. The zero-order valence-electron chi connectivity index (χ0n) is 17.6. The van der Waals surface area contributed by atoms with Crippen LogP contribution in [0, 0.1) is 11.6 Å². The fraction of sp³-hybridized carbons (Fsp3) is 0.476. The number of rotatable bonds is 6. The van der Waals surface area contributed by atoms with E-state index in [1.807, 2.05) is 0 Å². The molecule has 11 heteroatoms. The molecule has 2 aromatic rings. The maximum atomic E-state index is 14.7. The van der Waals surface area contributed by atoms with Gasteiger partial charge in [-0.15, -0.1) is 0 Å². The molecule has 6 N–H and O–H groups in total. The van der Waals surface area contributed by atoms with Crippen LogP contribution in [-0.4, -0.2) is 54.3 Å². The van der Waals surface area contributed by atoms with Crippen molar-refractivity contribution >= 4 is 29.0 Å². The van der Waals surface area contributed by atoms with Gasteiger partial charge in [0, 0.05) is 31.2 Å². The number of nitrogens with zero attached hydrogens (tertiary/aromatic N) is 3. The molecule has 1 amide bonds. The van der Waals surface area contributed by atoms with Crippen LogP contribution in [0.15, 0.2) is 18.3 Å². The lowest BCUT2D eigenvalue weighted by atomic mass is 9.91. The van der Waals surface area contributed by atoms with Crippen molar-refractivity contribution in [3.8, 4) is 0 Å². The van der Waals surface area contributed by atoms with Crippen LogP contribution in [-0.2, 0) is 4.74 Å². The second-order valence-electron chi connectivity index (χ2n) is 8.03. The number of carbonyl (C=O) groups is 1. The number of amides is 1. The number of hydrogen-bond donors (Lipinski definition) is 4. The van der Waals surface area contributed by atoms with Crippen molar-refractivity contribution in [1.82, 2.24) is 9.97 Å². The van der Waals surface area contributed by atoms with Gasteiger partial charge in [-0.25, -0.2) is 18.7 Å². The first-order valence-corrected chi connectivity index (χ1v) is 10.7. The summed E-state index contributed by atoms with van der Waals surface area (Å²) < 4.78 is 34.6. The van der Waals surface area contributed by atoms with Crippen LogP contribution in [0.4, 0.5) is 31.9 Å². The van der Waals surface area contributed by atoms with Gasteiger partial charge in [-0.05, 0) is 18.9 Å². The lowest BCUT2D eigenvalue weighted by Crippen LogP contribution is -2.43. The van der Waals surface area contributed by atoms with Gasteiger partial charge < -0.3 is 31.7 Å². The van der Waals surface area contributed by atoms with Gasteiger partial charge in [0.1, 0.15) is 5.82 Å². The molecule has 172 valence electrons. The largest absolute Gasteiger partial charge is 0.378 e. The van der Waals surface area contributed by atoms with E-state index >= 15 is 0 Å². The topological polar surface area (TPSA) is 131 Å². The van der Waals surface area contributed by atoms with E-state index in [4.69, 9.17) is 16.2 Å². The van der Waals surface area contributed by atoms with Gasteiger partial charge >= 0.3 is 0 Å². The standard InChI is InChI=1S/C21H27F2N7O2/c22-14-10-13(18(25)31)19(29-20(14)28-17-4-2-1-3-16(17)24)27-12-9-15(23)21(26-11-12)30-5-7-32-8-6-30/h9-11,16-17H,1-8,24H2,(H2,25,31)(H2,27,28,29). The molecule has 0 aromatic carbocycles. The van der Waals surface area contributed by atoms with E-state index in [9.17, 15) is 13.6 Å². The highest BCUT2D eigenvalue weighted by Crippen LogP contribution is 2.28. The van der Waals surface area contributed by atoms with Crippen molar-refractivity contribution in [3.05, 3.63) is 35.5 Å². The normalized spacial score (nSPS) is 21.3. The average Bonchev–Trinajstić information content (AvgIpc) is 2.78. The number of morpholine rings is 1. The van der Waals surface area contributed by atoms with Crippen molar-refractivity contribution < 1.29 is 18.3 Å². The lowest BCUT2D eigenvalue weighted by Gasteiger charge is -2.30. The van der Waals surface area contributed by atoms with Crippen LogP contribution >= 0.6 is 0 Å². The molecule has 9 nitrogen and oxygen atoms in total. The second-order valence-corrected chi connectivity index (χ2v) is 8.03. The molecular formula is C21H27F2N7O2. The Balaban J connectivity index is 1.59. The Bertz CT molecular complexity index is 985. The van der Waals surface area contributed by atoms with E-state index in [0.717, 1.165) is 31.7 Å². The van der Waals surface area contributed by atoms with E-state index in [2.05, 4.69) is 20.6 Å². The van der Waals surface area contributed by atoms with Gasteiger partial charge in [0.2, 0.25) is 0 Å². The summed E-state index contributed by atoms with van der Waals surface area (Å²) in [6, 6.07) is 2.01. The van der Waals surface area contributed by atoms with E-state index in [0.29, 0.717) is 26.3 Å². The molecule has 1 aliphatic heterocycles. The molecule has 2 aliphatic rings. The lowest BCUT2D eigenvalue weighted by molar-refractivity contribution is 0.100. The molecule has 0 spiro atoms. The number of anilines is 4. The van der Waals surface area contributed by atoms with E-state index < -0.39 is 17.5 Å². The predicted octanol–water partition coefficient (Wildman–Crippen LogP) is 2.12. The summed E-state index contributed by atoms with van der Waals surface area (Å²) in [5.74, 6) is -1.93. The molecule has 2 unspecified atom stereocenters. The van der Waals surface area contributed by atoms with Crippen LogP contribution in [0.3, 0.4) is 0 Å².